The molecule has 0 saturated heterocycles. The Balaban J connectivity index is 0.00000316. The number of guanidine groups is 4. The topological polar surface area (TPSA) is 410 Å². The van der Waals surface area contributed by atoms with Gasteiger partial charge in [0.2, 0.25) is 0 Å². The summed E-state index contributed by atoms with van der Waals surface area (Å²) in [6.45, 7) is 14.9. The van der Waals surface area contributed by atoms with E-state index in [0.29, 0.717) is 45.6 Å². The molecule has 0 unspecified atom stereocenters. The minimum atomic E-state index is -0.628. The van der Waals surface area contributed by atoms with E-state index in [2.05, 4.69) is 63.2 Å². The molecule has 24 N–H and O–H groups in total. The molecule has 2 amide bonds. The van der Waals surface area contributed by atoms with Crippen LogP contribution in [0.2, 0.25) is 0 Å². The lowest BCUT2D eigenvalue weighted by molar-refractivity contribution is 0.102. The zero-order chi connectivity index (χ0) is 46.9. The average Bonchev–Trinajstić information content (AvgIpc) is 3.14. The Labute approximate surface area is 367 Å². The summed E-state index contributed by atoms with van der Waals surface area (Å²) in [4.78, 5) is 41.7. The molecule has 3 aromatic rings. The zero-order valence-electron chi connectivity index (χ0n) is 36.6. The van der Waals surface area contributed by atoms with Gasteiger partial charge in [-0.2, -0.15) is 0 Å². The summed E-state index contributed by atoms with van der Waals surface area (Å²) in [6.07, 6.45) is 0. The van der Waals surface area contributed by atoms with Gasteiger partial charge in [-0.3, -0.25) is 30.0 Å². The van der Waals surface area contributed by atoms with E-state index in [1.54, 1.807) is 0 Å². The number of nitrogens with one attached hydrogen (secondary N) is 4. The highest BCUT2D eigenvalue weighted by atomic mass is 32.2. The molecule has 0 atom stereocenters. The molecule has 0 spiro atoms. The number of nitrogens with zero attached hydrogens (tertiary/aromatic N) is 3. The monoisotopic (exact) mass is 880 g/mol. The number of nitrogens with two attached hydrogens (primary N) is 10. The van der Waals surface area contributed by atoms with Crippen molar-refractivity contribution in [1.29, 1.82) is 5.41 Å². The molecule has 0 aliphatic rings. The van der Waals surface area contributed by atoms with Gasteiger partial charge < -0.3 is 82.8 Å². The van der Waals surface area contributed by atoms with Crippen LogP contribution in [0.25, 0.3) is 0 Å². The fourth-order valence-electron chi connectivity index (χ4n) is 5.44. The van der Waals surface area contributed by atoms with Gasteiger partial charge in [0.05, 0.1) is 58.4 Å². The molecule has 340 valence electrons. The van der Waals surface area contributed by atoms with Crippen molar-refractivity contribution in [3.8, 4) is 11.5 Å². The molecule has 62 heavy (non-hydrogen) atoms. The molecule has 0 heterocycles. The number of nitrogen functional groups attached to an aromatic ring is 2. The highest BCUT2D eigenvalue weighted by Crippen LogP contribution is 2.40. The quantitative estimate of drug-likeness (QED) is 0.0285. The number of hydrogen-bond donors (Lipinski definition) is 14. The summed E-state index contributed by atoms with van der Waals surface area (Å²) < 4.78 is 12.2. The number of anilines is 5. The van der Waals surface area contributed by atoms with E-state index in [0.717, 1.165) is 11.1 Å². The lowest BCUT2D eigenvalue weighted by Crippen LogP contribution is -2.24. The molecule has 0 aliphatic heterocycles. The van der Waals surface area contributed by atoms with Gasteiger partial charge in [0.1, 0.15) is 24.7 Å². The van der Waals surface area contributed by atoms with E-state index >= 15 is 0 Å². The third-order valence-electron chi connectivity index (χ3n) is 8.37. The molecule has 0 aliphatic carbocycles. The van der Waals surface area contributed by atoms with Crippen molar-refractivity contribution >= 4 is 75.9 Å². The summed E-state index contributed by atoms with van der Waals surface area (Å²) in [7, 11) is 0. The highest BCUT2D eigenvalue weighted by Gasteiger charge is 2.26. The van der Waals surface area contributed by atoms with Crippen molar-refractivity contribution in [2.75, 3.05) is 72.6 Å². The Hall–Kier alpha value is -6.97. The third kappa shape index (κ3) is 16.6. The first-order valence-electron chi connectivity index (χ1n) is 19.4. The number of ether oxygens (including phenoxy) is 2. The van der Waals surface area contributed by atoms with Crippen LogP contribution in [0.5, 0.6) is 11.5 Å². The van der Waals surface area contributed by atoms with Crippen molar-refractivity contribution in [3.05, 3.63) is 58.7 Å². The second-order valence-corrected chi connectivity index (χ2v) is 16.9. The molecular formula is C40H65N17O4S. The Bertz CT molecular complexity index is 2130. The predicted molar refractivity (Wildman–Crippen MR) is 255 cm³/mol. The Morgan fingerprint density at radius 3 is 1.50 bits per heavy atom. The molecule has 0 radical (unpaired) electrons. The van der Waals surface area contributed by atoms with E-state index in [1.165, 1.54) is 23.9 Å². The van der Waals surface area contributed by atoms with Gasteiger partial charge in [0.25, 0.3) is 11.8 Å². The number of carbonyl (C=O) groups is 2. The number of rotatable bonds is 18. The van der Waals surface area contributed by atoms with Gasteiger partial charge in [-0.1, -0.05) is 48.5 Å². The van der Waals surface area contributed by atoms with Gasteiger partial charge in [-0.25, -0.2) is 0 Å². The molecule has 0 aromatic heterocycles. The standard InChI is InChI=1S/C39H60N14O4S.CH5N3/c1-8-58-32-26(41)16-22(39(5,6)7)18-28(32)53-34(55)24-19-23(29(56-13-11-50-36(44)45)20-30(24)57-14-12-51-37(46)47)33(54)52-27-17-21(38(2,3)4)15-25(40)31(27)48-9-10-49-35(42)43;2-1(3)4/h15-20,48H,8-14,40-41H2,1-7H3,(H,52,54)(H,53,55)(H4,42,43,49)(H4,44,45,50)(H4,46,47,51);(H5,2,3,4). The van der Waals surface area contributed by atoms with Crippen LogP contribution in [0.15, 0.2) is 56.3 Å². The minimum Gasteiger partial charge on any atom is -0.491 e. The van der Waals surface area contributed by atoms with E-state index in [1.807, 2.05) is 52.0 Å². The van der Waals surface area contributed by atoms with Crippen LogP contribution >= 0.6 is 11.8 Å². The van der Waals surface area contributed by atoms with Crippen molar-refractivity contribution in [1.82, 2.24) is 0 Å². The second-order valence-electron chi connectivity index (χ2n) is 15.6. The van der Waals surface area contributed by atoms with E-state index in [4.69, 9.17) is 60.8 Å². The van der Waals surface area contributed by atoms with Crippen LogP contribution in [-0.2, 0) is 10.8 Å². The minimum absolute atomic E-state index is 0.0104. The molecule has 0 fully saturated rings. The van der Waals surface area contributed by atoms with Crippen LogP contribution in [-0.4, -0.2) is 80.8 Å². The number of amides is 2. The fraction of sp³-hybridized carbons (Fsp3) is 0.400. The SMILES string of the molecule is CCSc1c(N)cc(C(C)(C)C)cc1NC(=O)c1cc(C(=O)Nc2cc(C(C)(C)C)cc(N)c2NCCN=C(N)N)c(OCCN=C(N)N)cc1OCCN=C(N)N.N=C(N)N. The molecule has 3 aromatic carbocycles. The first kappa shape index (κ1) is 51.2. The lowest BCUT2D eigenvalue weighted by Gasteiger charge is -2.24. The number of carbonyl (C=O) groups excluding carboxylic acids is 2. The average molecular weight is 880 g/mol. The van der Waals surface area contributed by atoms with Gasteiger partial charge in [0.15, 0.2) is 23.8 Å². The van der Waals surface area contributed by atoms with Crippen LogP contribution in [0.3, 0.4) is 0 Å². The molecule has 0 bridgehead atoms. The normalized spacial score (nSPS) is 10.9. The Morgan fingerprint density at radius 2 is 1.06 bits per heavy atom. The molecular weight excluding hydrogens is 815 g/mol. The zero-order valence-corrected chi connectivity index (χ0v) is 37.4. The summed E-state index contributed by atoms with van der Waals surface area (Å²) >= 11 is 1.49. The first-order chi connectivity index (χ1) is 28.8. The van der Waals surface area contributed by atoms with Crippen molar-refractivity contribution in [3.63, 3.8) is 0 Å². The van der Waals surface area contributed by atoms with Crippen molar-refractivity contribution < 1.29 is 19.1 Å². The summed E-state index contributed by atoms with van der Waals surface area (Å²) in [5.74, 6) is -1.01. The largest absolute Gasteiger partial charge is 0.491 e. The van der Waals surface area contributed by atoms with Crippen LogP contribution in [0.1, 0.15) is 80.3 Å². The lowest BCUT2D eigenvalue weighted by atomic mass is 9.86. The van der Waals surface area contributed by atoms with Crippen LogP contribution in [0, 0.1) is 5.41 Å². The van der Waals surface area contributed by atoms with E-state index < -0.39 is 11.8 Å². The number of thioether (sulfide) groups is 1. The Morgan fingerprint density at radius 1 is 0.645 bits per heavy atom. The molecule has 21 nitrogen and oxygen atoms in total. The van der Waals surface area contributed by atoms with E-state index in [-0.39, 0.29) is 90.1 Å². The molecule has 0 saturated carbocycles. The Kier molecular flexibility index (Phi) is 19.1. The smallest absolute Gasteiger partial charge is 0.259 e. The van der Waals surface area contributed by atoms with Gasteiger partial charge in [0, 0.05) is 18.3 Å². The van der Waals surface area contributed by atoms with Crippen molar-refractivity contribution in [2.45, 2.75) is 64.2 Å². The van der Waals surface area contributed by atoms with E-state index in [9.17, 15) is 9.59 Å². The molecule has 3 rings (SSSR count). The summed E-state index contributed by atoms with van der Waals surface area (Å²) in [6, 6.07) is 10.3. The molecule has 22 heteroatoms. The maximum Gasteiger partial charge on any atom is 0.259 e. The van der Waals surface area contributed by atoms with Crippen molar-refractivity contribution in [2.24, 2.45) is 60.8 Å². The van der Waals surface area contributed by atoms with Gasteiger partial charge >= 0.3 is 0 Å². The predicted octanol–water partition coefficient (Wildman–Crippen LogP) is 1.89. The number of aliphatic imine (C=N–C) groups is 3. The first-order valence-corrected chi connectivity index (χ1v) is 20.4. The number of benzene rings is 3. The maximum absolute atomic E-state index is 14.5. The van der Waals surface area contributed by atoms with Crippen LogP contribution in [0.4, 0.5) is 28.4 Å². The van der Waals surface area contributed by atoms with Gasteiger partial charge in [-0.05, 0) is 58.0 Å². The maximum atomic E-state index is 14.5. The fourth-order valence-corrected chi connectivity index (χ4v) is 6.22. The summed E-state index contributed by atoms with van der Waals surface area (Å²) in [5.41, 5.74) is 58.6. The second kappa shape index (κ2) is 23.1. The summed E-state index contributed by atoms with van der Waals surface area (Å²) in [5, 5.41) is 15.3. The van der Waals surface area contributed by atoms with Crippen LogP contribution < -0.4 is 82.8 Å². The van der Waals surface area contributed by atoms with Gasteiger partial charge in [-0.15, -0.1) is 11.8 Å². The third-order valence-corrected chi connectivity index (χ3v) is 9.40. The number of hydrogen-bond acceptors (Lipinski definition) is 12. The highest BCUT2D eigenvalue weighted by molar-refractivity contribution is 7.99.